The fraction of sp³-hybridized carbons (Fsp3) is 0.571. The third-order valence-corrected chi connectivity index (χ3v) is 4.06. The van der Waals surface area contributed by atoms with Crippen molar-refractivity contribution in [3.05, 3.63) is 35.1 Å². The van der Waals surface area contributed by atoms with Crippen molar-refractivity contribution in [3.8, 4) is 0 Å². The first-order chi connectivity index (χ1) is 7.55. The molecule has 1 aliphatic rings. The largest absolute Gasteiger partial charge is 0.330 e. The molecule has 0 fully saturated rings. The van der Waals surface area contributed by atoms with Crippen LogP contribution in [0, 0.1) is 11.7 Å². The first-order valence-electron chi connectivity index (χ1n) is 6.04. The maximum absolute atomic E-state index is 13.2. The van der Waals surface area contributed by atoms with E-state index in [9.17, 15) is 4.39 Å². The first kappa shape index (κ1) is 11.6. The zero-order valence-electron chi connectivity index (χ0n) is 10.1. The molecule has 2 heteroatoms. The Morgan fingerprint density at radius 2 is 2.19 bits per heavy atom. The van der Waals surface area contributed by atoms with Crippen molar-refractivity contribution < 1.29 is 4.39 Å². The summed E-state index contributed by atoms with van der Waals surface area (Å²) in [6.45, 7) is 5.25. The van der Waals surface area contributed by atoms with Crippen molar-refractivity contribution >= 4 is 0 Å². The highest BCUT2D eigenvalue weighted by atomic mass is 19.1. The number of fused-ring (bicyclic) bond motifs is 1. The van der Waals surface area contributed by atoms with Crippen LogP contribution >= 0.6 is 0 Å². The minimum atomic E-state index is -0.119. The molecule has 0 radical (unpaired) electrons. The summed E-state index contributed by atoms with van der Waals surface area (Å²) >= 11 is 0. The molecule has 1 aromatic carbocycles. The van der Waals surface area contributed by atoms with Crippen molar-refractivity contribution in [1.29, 1.82) is 0 Å². The van der Waals surface area contributed by atoms with Gasteiger partial charge in [0.15, 0.2) is 0 Å². The summed E-state index contributed by atoms with van der Waals surface area (Å²) in [6.07, 6.45) is 3.17. The Bertz CT molecular complexity index is 384. The highest BCUT2D eigenvalue weighted by Crippen LogP contribution is 2.42. The second-order valence-corrected chi connectivity index (χ2v) is 5.34. The summed E-state index contributed by atoms with van der Waals surface area (Å²) in [4.78, 5) is 0. The van der Waals surface area contributed by atoms with Gasteiger partial charge in [-0.05, 0) is 60.4 Å². The van der Waals surface area contributed by atoms with Crippen LogP contribution in [0.15, 0.2) is 18.2 Å². The molecular weight excluding hydrogens is 201 g/mol. The zero-order chi connectivity index (χ0) is 11.8. The number of benzene rings is 1. The van der Waals surface area contributed by atoms with Crippen LogP contribution < -0.4 is 5.73 Å². The summed E-state index contributed by atoms with van der Waals surface area (Å²) in [5.41, 5.74) is 8.27. The summed E-state index contributed by atoms with van der Waals surface area (Å²) in [5, 5.41) is 0. The predicted molar refractivity (Wildman–Crippen MR) is 64.9 cm³/mol. The minimum Gasteiger partial charge on any atom is -0.330 e. The number of hydrogen-bond acceptors (Lipinski definition) is 1. The summed E-state index contributed by atoms with van der Waals surface area (Å²) in [7, 11) is 0. The molecule has 0 bridgehead atoms. The Balaban J connectivity index is 2.38. The van der Waals surface area contributed by atoms with Gasteiger partial charge in [-0.1, -0.05) is 19.9 Å². The van der Waals surface area contributed by atoms with E-state index in [1.54, 1.807) is 12.1 Å². The van der Waals surface area contributed by atoms with Gasteiger partial charge in [0.05, 0.1) is 0 Å². The number of hydrogen-bond donors (Lipinski definition) is 1. The average molecular weight is 221 g/mol. The van der Waals surface area contributed by atoms with E-state index in [0.717, 1.165) is 25.8 Å². The molecule has 16 heavy (non-hydrogen) atoms. The summed E-state index contributed by atoms with van der Waals surface area (Å²) in [5.74, 6) is 0.502. The monoisotopic (exact) mass is 221 g/mol. The van der Waals surface area contributed by atoms with Crippen LogP contribution in [0.4, 0.5) is 4.39 Å². The van der Waals surface area contributed by atoms with Crippen LogP contribution in [-0.2, 0) is 11.8 Å². The topological polar surface area (TPSA) is 26.0 Å². The Labute approximate surface area is 96.9 Å². The van der Waals surface area contributed by atoms with Crippen molar-refractivity contribution in [2.45, 2.75) is 38.5 Å². The van der Waals surface area contributed by atoms with E-state index in [1.807, 2.05) is 6.07 Å². The van der Waals surface area contributed by atoms with Gasteiger partial charge in [0.2, 0.25) is 0 Å². The van der Waals surface area contributed by atoms with Gasteiger partial charge in [0.1, 0.15) is 5.82 Å². The van der Waals surface area contributed by atoms with Gasteiger partial charge in [0, 0.05) is 0 Å². The van der Waals surface area contributed by atoms with Crippen molar-refractivity contribution in [1.82, 2.24) is 0 Å². The first-order valence-corrected chi connectivity index (χ1v) is 6.04. The Hall–Kier alpha value is -0.890. The van der Waals surface area contributed by atoms with Crippen LogP contribution in [0.25, 0.3) is 0 Å². The van der Waals surface area contributed by atoms with Crippen LogP contribution in [0.2, 0.25) is 0 Å². The predicted octanol–water partition coefficient (Wildman–Crippen LogP) is 3.01. The normalized spacial score (nSPS) is 22.9. The standard InChI is InChI=1S/C14H20FN/c1-14(2)11(7-8-16)4-3-10-9-12(15)5-6-13(10)14/h5-6,9,11H,3-4,7-8,16H2,1-2H3. The van der Waals surface area contributed by atoms with Crippen LogP contribution in [0.5, 0.6) is 0 Å². The van der Waals surface area contributed by atoms with Crippen LogP contribution in [-0.4, -0.2) is 6.54 Å². The molecule has 1 nitrogen and oxygen atoms in total. The van der Waals surface area contributed by atoms with E-state index in [-0.39, 0.29) is 11.2 Å². The molecule has 1 unspecified atom stereocenters. The van der Waals surface area contributed by atoms with Gasteiger partial charge >= 0.3 is 0 Å². The number of rotatable bonds is 2. The molecule has 1 aliphatic carbocycles. The SMILES string of the molecule is CC1(C)c2ccc(F)cc2CCC1CCN. The Kier molecular flexibility index (Phi) is 3.02. The lowest BCUT2D eigenvalue weighted by Crippen LogP contribution is -2.35. The molecule has 1 aromatic rings. The lowest BCUT2D eigenvalue weighted by molar-refractivity contribution is 0.264. The summed E-state index contributed by atoms with van der Waals surface area (Å²) < 4.78 is 13.2. The smallest absolute Gasteiger partial charge is 0.123 e. The van der Waals surface area contributed by atoms with Gasteiger partial charge < -0.3 is 5.73 Å². The molecule has 2 N–H and O–H groups in total. The van der Waals surface area contributed by atoms with E-state index in [2.05, 4.69) is 13.8 Å². The third-order valence-electron chi connectivity index (χ3n) is 4.06. The Morgan fingerprint density at radius 1 is 1.44 bits per heavy atom. The molecular formula is C14H20FN. The Morgan fingerprint density at radius 3 is 2.88 bits per heavy atom. The number of halogens is 1. The molecule has 0 aromatic heterocycles. The molecule has 1 atom stereocenters. The zero-order valence-corrected chi connectivity index (χ0v) is 10.1. The van der Waals surface area contributed by atoms with Crippen molar-refractivity contribution in [3.63, 3.8) is 0 Å². The quantitative estimate of drug-likeness (QED) is 0.816. The maximum atomic E-state index is 13.2. The fourth-order valence-corrected chi connectivity index (χ4v) is 3.01. The highest BCUT2D eigenvalue weighted by Gasteiger charge is 2.35. The van der Waals surface area contributed by atoms with Gasteiger partial charge in [0.25, 0.3) is 0 Å². The third kappa shape index (κ3) is 1.86. The number of aryl methyl sites for hydroxylation is 1. The van der Waals surface area contributed by atoms with Crippen LogP contribution in [0.3, 0.4) is 0 Å². The molecule has 0 saturated heterocycles. The lowest BCUT2D eigenvalue weighted by Gasteiger charge is -2.40. The maximum Gasteiger partial charge on any atom is 0.123 e. The second-order valence-electron chi connectivity index (χ2n) is 5.34. The van der Waals surface area contributed by atoms with Crippen molar-refractivity contribution in [2.75, 3.05) is 6.54 Å². The molecule has 0 aliphatic heterocycles. The van der Waals surface area contributed by atoms with Gasteiger partial charge in [-0.3, -0.25) is 0 Å². The molecule has 0 amide bonds. The minimum absolute atomic E-state index is 0.119. The fourth-order valence-electron chi connectivity index (χ4n) is 3.01. The van der Waals surface area contributed by atoms with E-state index in [0.29, 0.717) is 5.92 Å². The van der Waals surface area contributed by atoms with E-state index in [1.165, 1.54) is 11.1 Å². The van der Waals surface area contributed by atoms with Crippen molar-refractivity contribution in [2.24, 2.45) is 11.7 Å². The average Bonchev–Trinajstić information content (AvgIpc) is 2.22. The molecule has 0 spiro atoms. The van der Waals surface area contributed by atoms with E-state index in [4.69, 9.17) is 5.73 Å². The summed E-state index contributed by atoms with van der Waals surface area (Å²) in [6, 6.07) is 5.22. The molecule has 0 saturated carbocycles. The van der Waals surface area contributed by atoms with Gasteiger partial charge in [-0.2, -0.15) is 0 Å². The molecule has 2 rings (SSSR count). The number of nitrogens with two attached hydrogens (primary N) is 1. The van der Waals surface area contributed by atoms with E-state index < -0.39 is 0 Å². The highest BCUT2D eigenvalue weighted by molar-refractivity contribution is 5.37. The van der Waals surface area contributed by atoms with E-state index >= 15 is 0 Å². The van der Waals surface area contributed by atoms with Gasteiger partial charge in [-0.25, -0.2) is 4.39 Å². The molecule has 88 valence electrons. The molecule has 0 heterocycles. The van der Waals surface area contributed by atoms with Crippen LogP contribution in [0.1, 0.15) is 37.8 Å². The lowest BCUT2D eigenvalue weighted by atomic mass is 9.64. The van der Waals surface area contributed by atoms with Gasteiger partial charge in [-0.15, -0.1) is 0 Å². The second kappa shape index (κ2) is 4.17.